The van der Waals surface area contributed by atoms with Crippen molar-refractivity contribution in [2.24, 2.45) is 11.8 Å². The Labute approximate surface area is 123 Å². The number of fused-ring (bicyclic) bond motifs is 2. The largest absolute Gasteiger partial charge is 0.355 e. The lowest BCUT2D eigenvalue weighted by Gasteiger charge is -2.18. The Morgan fingerprint density at radius 1 is 1.05 bits per heavy atom. The fourth-order valence-electron chi connectivity index (χ4n) is 3.46. The maximum Gasteiger partial charge on any atom is 0.139 e. The molecule has 2 aromatic rings. The number of halogens is 1. The van der Waals surface area contributed by atoms with Crippen molar-refractivity contribution in [1.82, 2.24) is 9.97 Å². The standard InChI is InChI=1S/C16H16ClN3/c17-13-5-6-14-15(7-13)18-10-19-16(14)20-8-11-3-1-2-4-12(11)9-20/h1-2,5-7,10-12H,3-4,8-9H2. The van der Waals surface area contributed by atoms with E-state index in [9.17, 15) is 0 Å². The lowest BCUT2D eigenvalue weighted by Crippen LogP contribution is -2.21. The van der Waals surface area contributed by atoms with Gasteiger partial charge in [-0.1, -0.05) is 23.8 Å². The summed E-state index contributed by atoms with van der Waals surface area (Å²) in [5.41, 5.74) is 0.926. The number of rotatable bonds is 1. The predicted molar refractivity (Wildman–Crippen MR) is 82.1 cm³/mol. The summed E-state index contributed by atoms with van der Waals surface area (Å²) in [7, 11) is 0. The van der Waals surface area contributed by atoms with Crippen molar-refractivity contribution in [3.8, 4) is 0 Å². The van der Waals surface area contributed by atoms with Crippen molar-refractivity contribution in [2.75, 3.05) is 18.0 Å². The normalized spacial score (nSPS) is 25.1. The Kier molecular flexibility index (Phi) is 2.88. The third-order valence-electron chi connectivity index (χ3n) is 4.50. The van der Waals surface area contributed by atoms with Crippen LogP contribution in [0.2, 0.25) is 5.02 Å². The highest BCUT2D eigenvalue weighted by Crippen LogP contribution is 2.36. The average molecular weight is 286 g/mol. The molecule has 0 spiro atoms. The van der Waals surface area contributed by atoms with Crippen molar-refractivity contribution in [1.29, 1.82) is 0 Å². The fraction of sp³-hybridized carbons (Fsp3) is 0.375. The van der Waals surface area contributed by atoms with Gasteiger partial charge in [0.15, 0.2) is 0 Å². The van der Waals surface area contributed by atoms with Crippen LogP contribution in [0.1, 0.15) is 12.8 Å². The first-order valence-corrected chi connectivity index (χ1v) is 7.49. The molecule has 1 saturated heterocycles. The van der Waals surface area contributed by atoms with Crippen LogP contribution >= 0.6 is 11.6 Å². The smallest absolute Gasteiger partial charge is 0.139 e. The quantitative estimate of drug-likeness (QED) is 0.749. The van der Waals surface area contributed by atoms with Crippen LogP contribution in [0.25, 0.3) is 10.9 Å². The lowest BCUT2D eigenvalue weighted by molar-refractivity contribution is 0.411. The molecule has 2 atom stereocenters. The lowest BCUT2D eigenvalue weighted by atomic mass is 9.86. The van der Waals surface area contributed by atoms with Crippen LogP contribution in [0.5, 0.6) is 0 Å². The Morgan fingerprint density at radius 2 is 1.80 bits per heavy atom. The Hall–Kier alpha value is -1.61. The van der Waals surface area contributed by atoms with E-state index in [4.69, 9.17) is 11.6 Å². The monoisotopic (exact) mass is 285 g/mol. The zero-order chi connectivity index (χ0) is 13.5. The van der Waals surface area contributed by atoms with Gasteiger partial charge in [0.2, 0.25) is 0 Å². The van der Waals surface area contributed by atoms with Crippen LogP contribution < -0.4 is 4.90 Å². The second-order valence-electron chi connectivity index (χ2n) is 5.73. The zero-order valence-electron chi connectivity index (χ0n) is 11.2. The molecule has 20 heavy (non-hydrogen) atoms. The van der Waals surface area contributed by atoms with E-state index in [1.165, 1.54) is 12.8 Å². The Morgan fingerprint density at radius 3 is 2.55 bits per heavy atom. The second kappa shape index (κ2) is 4.74. The molecule has 0 N–H and O–H groups in total. The number of anilines is 1. The summed E-state index contributed by atoms with van der Waals surface area (Å²) in [6, 6.07) is 5.86. The topological polar surface area (TPSA) is 29.0 Å². The molecular weight excluding hydrogens is 270 g/mol. The SMILES string of the molecule is Clc1ccc2c(N3CC4CC=CCC4C3)ncnc2c1. The zero-order valence-corrected chi connectivity index (χ0v) is 11.9. The van der Waals surface area contributed by atoms with Crippen molar-refractivity contribution >= 4 is 28.3 Å². The molecule has 3 nitrogen and oxygen atoms in total. The van der Waals surface area contributed by atoms with Gasteiger partial charge in [-0.25, -0.2) is 9.97 Å². The molecule has 0 amide bonds. The minimum Gasteiger partial charge on any atom is -0.355 e. The first kappa shape index (κ1) is 12.2. The van der Waals surface area contributed by atoms with E-state index in [1.807, 2.05) is 18.2 Å². The molecule has 0 bridgehead atoms. The van der Waals surface area contributed by atoms with Crippen molar-refractivity contribution < 1.29 is 0 Å². The summed E-state index contributed by atoms with van der Waals surface area (Å²) in [6.07, 6.45) is 8.70. The Balaban J connectivity index is 1.72. The molecule has 2 unspecified atom stereocenters. The van der Waals surface area contributed by atoms with Crippen molar-refractivity contribution in [3.63, 3.8) is 0 Å². The summed E-state index contributed by atoms with van der Waals surface area (Å²) in [4.78, 5) is 11.3. The molecule has 1 fully saturated rings. The minimum atomic E-state index is 0.724. The van der Waals surface area contributed by atoms with Gasteiger partial charge in [-0.3, -0.25) is 0 Å². The molecular formula is C16H16ClN3. The van der Waals surface area contributed by atoms with Gasteiger partial charge >= 0.3 is 0 Å². The Bertz CT molecular complexity index is 666. The molecule has 2 aliphatic rings. The van der Waals surface area contributed by atoms with E-state index in [2.05, 4.69) is 27.0 Å². The van der Waals surface area contributed by atoms with E-state index < -0.39 is 0 Å². The van der Waals surface area contributed by atoms with Crippen LogP contribution in [-0.4, -0.2) is 23.1 Å². The molecule has 1 aromatic heterocycles. The molecule has 1 aliphatic carbocycles. The highest BCUT2D eigenvalue weighted by atomic mass is 35.5. The highest BCUT2D eigenvalue weighted by molar-refractivity contribution is 6.31. The number of hydrogen-bond acceptors (Lipinski definition) is 3. The van der Waals surface area contributed by atoms with Crippen LogP contribution in [-0.2, 0) is 0 Å². The first-order valence-electron chi connectivity index (χ1n) is 7.11. The third-order valence-corrected chi connectivity index (χ3v) is 4.73. The van der Waals surface area contributed by atoms with Crippen LogP contribution in [0.3, 0.4) is 0 Å². The van der Waals surface area contributed by atoms with Gasteiger partial charge in [0.05, 0.1) is 5.52 Å². The molecule has 2 heterocycles. The van der Waals surface area contributed by atoms with E-state index in [-0.39, 0.29) is 0 Å². The van der Waals surface area contributed by atoms with Crippen molar-refractivity contribution in [2.45, 2.75) is 12.8 Å². The number of nitrogens with zero attached hydrogens (tertiary/aromatic N) is 3. The van der Waals surface area contributed by atoms with Gasteiger partial charge in [0, 0.05) is 23.5 Å². The van der Waals surface area contributed by atoms with E-state index in [0.29, 0.717) is 0 Å². The number of hydrogen-bond donors (Lipinski definition) is 0. The summed E-state index contributed by atoms with van der Waals surface area (Å²) in [5.74, 6) is 2.61. The molecule has 4 rings (SSSR count). The highest BCUT2D eigenvalue weighted by Gasteiger charge is 2.33. The summed E-state index contributed by atoms with van der Waals surface area (Å²) < 4.78 is 0. The minimum absolute atomic E-state index is 0.724. The van der Waals surface area contributed by atoms with Crippen LogP contribution in [0.4, 0.5) is 5.82 Å². The van der Waals surface area contributed by atoms with Gasteiger partial charge in [-0.15, -0.1) is 0 Å². The van der Waals surface area contributed by atoms with E-state index >= 15 is 0 Å². The summed E-state index contributed by atoms with van der Waals surface area (Å²) in [6.45, 7) is 2.20. The molecule has 4 heteroatoms. The summed E-state index contributed by atoms with van der Waals surface area (Å²) in [5, 5.41) is 1.82. The average Bonchev–Trinajstić information content (AvgIpc) is 2.90. The van der Waals surface area contributed by atoms with Gasteiger partial charge in [-0.2, -0.15) is 0 Å². The number of allylic oxidation sites excluding steroid dienone is 2. The van der Waals surface area contributed by atoms with Crippen LogP contribution in [0.15, 0.2) is 36.7 Å². The number of aromatic nitrogens is 2. The number of benzene rings is 1. The van der Waals surface area contributed by atoms with Gasteiger partial charge in [0.25, 0.3) is 0 Å². The molecule has 102 valence electrons. The fourth-order valence-corrected chi connectivity index (χ4v) is 3.62. The first-order chi connectivity index (χ1) is 9.81. The second-order valence-corrected chi connectivity index (χ2v) is 6.16. The van der Waals surface area contributed by atoms with E-state index in [0.717, 1.165) is 46.7 Å². The molecule has 0 saturated carbocycles. The maximum atomic E-state index is 6.05. The van der Waals surface area contributed by atoms with Gasteiger partial charge in [-0.05, 0) is 42.9 Å². The molecule has 1 aliphatic heterocycles. The third kappa shape index (κ3) is 1.97. The van der Waals surface area contributed by atoms with E-state index in [1.54, 1.807) is 6.33 Å². The van der Waals surface area contributed by atoms with Crippen LogP contribution in [0, 0.1) is 11.8 Å². The predicted octanol–water partition coefficient (Wildman–Crippen LogP) is 3.69. The van der Waals surface area contributed by atoms with Gasteiger partial charge < -0.3 is 4.90 Å². The van der Waals surface area contributed by atoms with Crippen molar-refractivity contribution in [3.05, 3.63) is 41.7 Å². The summed E-state index contributed by atoms with van der Waals surface area (Å²) >= 11 is 6.05. The maximum absolute atomic E-state index is 6.05. The molecule has 0 radical (unpaired) electrons. The molecule has 1 aromatic carbocycles. The van der Waals surface area contributed by atoms with Gasteiger partial charge in [0.1, 0.15) is 12.1 Å².